The van der Waals surface area contributed by atoms with Gasteiger partial charge in [-0.05, 0) is 89.4 Å². The molecule has 2 unspecified atom stereocenters. The van der Waals surface area contributed by atoms with Gasteiger partial charge in [-0.2, -0.15) is 0 Å². The van der Waals surface area contributed by atoms with E-state index in [9.17, 15) is 13.6 Å². The van der Waals surface area contributed by atoms with Crippen molar-refractivity contribution in [1.29, 1.82) is 0 Å². The fourth-order valence-corrected chi connectivity index (χ4v) is 5.65. The highest BCUT2D eigenvalue weighted by atomic mass is 35.5. The summed E-state index contributed by atoms with van der Waals surface area (Å²) < 4.78 is 30.9. The van der Waals surface area contributed by atoms with Gasteiger partial charge in [0.2, 0.25) is 0 Å². The lowest BCUT2D eigenvalue weighted by molar-refractivity contribution is 0.0206. The maximum absolute atomic E-state index is 13.2. The second kappa shape index (κ2) is 19.6. The van der Waals surface area contributed by atoms with Gasteiger partial charge in [0.25, 0.3) is 0 Å². The first-order valence-electron chi connectivity index (χ1n) is 16.7. The monoisotopic (exact) mass is 778 g/mol. The van der Waals surface area contributed by atoms with Gasteiger partial charge in [-0.1, -0.05) is 34.8 Å². The summed E-state index contributed by atoms with van der Waals surface area (Å²) in [6.07, 6.45) is 6.81. The van der Waals surface area contributed by atoms with E-state index in [1.807, 2.05) is 26.8 Å². The van der Waals surface area contributed by atoms with E-state index in [-0.39, 0.29) is 22.2 Å². The van der Waals surface area contributed by atoms with Crippen molar-refractivity contribution in [3.8, 4) is 0 Å². The van der Waals surface area contributed by atoms with Crippen LogP contribution in [0.25, 0.3) is 0 Å². The number of ether oxygens (including phenoxy) is 1. The lowest BCUT2D eigenvalue weighted by Gasteiger charge is -2.34. The molecular weight excluding hydrogens is 737 g/mol. The number of likely N-dealkylation sites (tertiary alicyclic amines) is 1. The van der Waals surface area contributed by atoms with Crippen LogP contribution >= 0.6 is 34.8 Å². The predicted octanol–water partition coefficient (Wildman–Crippen LogP) is 8.18. The Kier molecular flexibility index (Phi) is 15.2. The molecule has 0 spiro atoms. The topological polar surface area (TPSA) is 155 Å². The molecule has 52 heavy (non-hydrogen) atoms. The Morgan fingerprint density at radius 1 is 0.865 bits per heavy atom. The molecule has 2 fully saturated rings. The predicted molar refractivity (Wildman–Crippen MR) is 204 cm³/mol. The van der Waals surface area contributed by atoms with Gasteiger partial charge in [0.05, 0.1) is 10.0 Å². The molecule has 2 saturated heterocycles. The van der Waals surface area contributed by atoms with Gasteiger partial charge in [0, 0.05) is 55.2 Å². The lowest BCUT2D eigenvalue weighted by Crippen LogP contribution is -2.47. The fourth-order valence-electron chi connectivity index (χ4n) is 5.13. The zero-order valence-electron chi connectivity index (χ0n) is 29.1. The zero-order valence-corrected chi connectivity index (χ0v) is 31.4. The molecule has 4 aromatic rings. The summed E-state index contributed by atoms with van der Waals surface area (Å²) in [6, 6.07) is 12.5. The highest BCUT2D eigenvalue weighted by Crippen LogP contribution is 2.23. The van der Waals surface area contributed by atoms with E-state index in [1.54, 1.807) is 17.0 Å². The molecule has 4 heterocycles. The van der Waals surface area contributed by atoms with Crippen molar-refractivity contribution in [3.05, 3.63) is 88.0 Å². The fraction of sp³-hybridized carbons (Fsp3) is 0.400. The number of carbonyl (C=O) groups is 1. The molecule has 0 aliphatic carbocycles. The third kappa shape index (κ3) is 14.1. The summed E-state index contributed by atoms with van der Waals surface area (Å²) in [4.78, 5) is 30.2. The van der Waals surface area contributed by atoms with E-state index < -0.39 is 17.2 Å². The summed E-state index contributed by atoms with van der Waals surface area (Å²) in [7, 11) is 0. The minimum Gasteiger partial charge on any atom is -0.444 e. The molecule has 280 valence electrons. The molecule has 0 saturated carbocycles. The van der Waals surface area contributed by atoms with Crippen LogP contribution < -0.4 is 27.0 Å². The van der Waals surface area contributed by atoms with Crippen LogP contribution in [-0.4, -0.2) is 74.8 Å². The van der Waals surface area contributed by atoms with E-state index in [4.69, 9.17) is 45.3 Å². The van der Waals surface area contributed by atoms with E-state index in [2.05, 4.69) is 41.2 Å². The number of halogens is 5. The van der Waals surface area contributed by atoms with Gasteiger partial charge in [0.1, 0.15) is 52.5 Å². The Labute approximate surface area is 317 Å². The first kappa shape index (κ1) is 40.5. The number of nitrogens with zero attached hydrogens (tertiary/aromatic N) is 5. The lowest BCUT2D eigenvalue weighted by atomic mass is 10.1. The largest absolute Gasteiger partial charge is 0.444 e. The van der Waals surface area contributed by atoms with E-state index in [1.165, 1.54) is 43.0 Å². The normalized spacial score (nSPS) is 17.0. The van der Waals surface area contributed by atoms with Gasteiger partial charge >= 0.3 is 6.09 Å². The third-order valence-corrected chi connectivity index (χ3v) is 8.30. The Bertz CT molecular complexity index is 1760. The van der Waals surface area contributed by atoms with Crippen LogP contribution in [0.15, 0.2) is 61.2 Å². The van der Waals surface area contributed by atoms with Crippen LogP contribution in [0.4, 0.5) is 42.4 Å². The molecule has 2 aliphatic heterocycles. The van der Waals surface area contributed by atoms with Crippen LogP contribution in [0.3, 0.4) is 0 Å². The summed E-state index contributed by atoms with van der Waals surface area (Å²) in [5.74, 6) is 1.18. The van der Waals surface area contributed by atoms with Gasteiger partial charge in [-0.15, -0.1) is 0 Å². The van der Waals surface area contributed by atoms with Crippen LogP contribution in [0.2, 0.25) is 15.2 Å². The summed E-state index contributed by atoms with van der Waals surface area (Å²) in [5, 5.41) is 13.6. The minimum absolute atomic E-state index is 0.0648. The molecule has 0 bridgehead atoms. The summed E-state index contributed by atoms with van der Waals surface area (Å²) >= 11 is 17.0. The second-order valence-electron chi connectivity index (χ2n) is 13.0. The Hall–Kier alpha value is -4.24. The SMILES string of the molecule is CC(C)(C)OC(=O)N1CCCC(Nc2cc(Cl)ncn2)C1.Fc1ccc(Nc2cc(NC3CCCNC3)ncn2)cc1Cl.Nc1ccc(F)c(Cl)c1. The molecule has 2 aliphatic rings. The number of rotatable bonds is 6. The molecule has 12 nitrogen and oxygen atoms in total. The Morgan fingerprint density at radius 2 is 1.50 bits per heavy atom. The highest BCUT2D eigenvalue weighted by Gasteiger charge is 2.27. The Morgan fingerprint density at radius 3 is 2.13 bits per heavy atom. The van der Waals surface area contributed by atoms with Crippen molar-refractivity contribution in [2.45, 2.75) is 64.1 Å². The van der Waals surface area contributed by atoms with Gasteiger partial charge in [-0.3, -0.25) is 0 Å². The van der Waals surface area contributed by atoms with Gasteiger partial charge in [0.15, 0.2) is 0 Å². The number of hydrogen-bond donors (Lipinski definition) is 5. The van der Waals surface area contributed by atoms with Crippen LogP contribution in [0.5, 0.6) is 0 Å². The zero-order chi connectivity index (χ0) is 37.7. The molecule has 2 aromatic heterocycles. The molecule has 17 heteroatoms. The van der Waals surface area contributed by atoms with Crippen LogP contribution in [0.1, 0.15) is 46.5 Å². The van der Waals surface area contributed by atoms with Crippen molar-refractivity contribution in [2.24, 2.45) is 0 Å². The molecule has 6 N–H and O–H groups in total. The number of anilines is 5. The number of hydrogen-bond acceptors (Lipinski definition) is 11. The second-order valence-corrected chi connectivity index (χ2v) is 14.2. The number of nitrogen functional groups attached to an aromatic ring is 1. The van der Waals surface area contributed by atoms with Crippen LogP contribution in [-0.2, 0) is 4.74 Å². The summed E-state index contributed by atoms with van der Waals surface area (Å²) in [6.45, 7) is 8.92. The van der Waals surface area contributed by atoms with Gasteiger partial charge in [-0.25, -0.2) is 33.5 Å². The smallest absolute Gasteiger partial charge is 0.410 e. The van der Waals surface area contributed by atoms with Gasteiger partial charge < -0.3 is 36.6 Å². The quantitative estimate of drug-likeness (QED) is 0.0951. The maximum Gasteiger partial charge on any atom is 0.410 e. The number of aromatic nitrogens is 4. The number of nitrogens with one attached hydrogen (secondary N) is 4. The van der Waals surface area contributed by atoms with Crippen LogP contribution in [0, 0.1) is 11.6 Å². The van der Waals surface area contributed by atoms with Crippen molar-refractivity contribution in [3.63, 3.8) is 0 Å². The summed E-state index contributed by atoms with van der Waals surface area (Å²) in [5.41, 5.74) is 5.95. The highest BCUT2D eigenvalue weighted by molar-refractivity contribution is 6.31. The third-order valence-electron chi connectivity index (χ3n) is 7.51. The number of nitrogens with two attached hydrogens (primary N) is 1. The molecule has 2 atom stereocenters. The first-order chi connectivity index (χ1) is 24.7. The van der Waals surface area contributed by atoms with Crippen molar-refractivity contribution in [1.82, 2.24) is 30.2 Å². The number of amides is 1. The standard InChI is InChI=1S/C15H17ClFN5.C14H21ClN4O2.C6H5ClFN/c16-12-6-10(3-4-13(12)17)21-14-7-15(20-9-19-14)22-11-2-1-5-18-8-11;1-14(2,3)21-13(20)19-6-4-5-10(8-19)18-12-7-11(15)16-9-17-12;7-5-3-4(9)1-2-6(5)8/h3-4,6-7,9,11,18H,1-2,5,8H2,(H2,19,20,21,22);7,9-10H,4-6,8H2,1-3H3,(H,16,17,18);1-3H,9H2. The number of piperidine rings is 2. The molecule has 0 radical (unpaired) electrons. The molecule has 1 amide bonds. The van der Waals surface area contributed by atoms with Crippen molar-refractivity contribution >= 4 is 69.7 Å². The average Bonchev–Trinajstić information content (AvgIpc) is 3.09. The van der Waals surface area contributed by atoms with E-state index in [0.717, 1.165) is 51.1 Å². The van der Waals surface area contributed by atoms with Crippen molar-refractivity contribution in [2.75, 3.05) is 47.9 Å². The minimum atomic E-state index is -0.475. The van der Waals surface area contributed by atoms with E-state index >= 15 is 0 Å². The molecule has 6 rings (SSSR count). The van der Waals surface area contributed by atoms with E-state index in [0.29, 0.717) is 40.8 Å². The maximum atomic E-state index is 13.2. The first-order valence-corrected chi connectivity index (χ1v) is 17.8. The Balaban J connectivity index is 0.000000189. The average molecular weight is 780 g/mol. The molecular formula is C35H43Cl3F2N10O2. The molecule has 2 aromatic carbocycles. The number of benzene rings is 2. The number of carbonyl (C=O) groups excluding carboxylic acids is 1. The van der Waals surface area contributed by atoms with Crippen molar-refractivity contribution < 1.29 is 18.3 Å².